The highest BCUT2D eigenvalue weighted by molar-refractivity contribution is 5.92. The second kappa shape index (κ2) is 6.01. The zero-order valence-electron chi connectivity index (χ0n) is 11.5. The molecule has 1 atom stereocenters. The molecule has 0 spiro atoms. The van der Waals surface area contributed by atoms with E-state index in [1.165, 1.54) is 0 Å². The molecule has 0 aliphatic carbocycles. The Hall–Kier alpha value is -2.28. The molecule has 2 aromatic rings. The lowest BCUT2D eigenvalue weighted by Crippen LogP contribution is -2.12. The Labute approximate surface area is 121 Å². The first-order valence-corrected chi connectivity index (χ1v) is 6.94. The topological polar surface area (TPSA) is 90.1 Å². The Morgan fingerprint density at radius 2 is 2.43 bits per heavy atom. The lowest BCUT2D eigenvalue weighted by Gasteiger charge is -2.11. The smallest absolute Gasteiger partial charge is 0.358 e. The van der Waals surface area contributed by atoms with Crippen molar-refractivity contribution < 1.29 is 14.6 Å². The standard InChI is InChI=1S/C14H16N4O3/c19-14(20)12-13(10-3-1-6-15-9-10)18(17-16-12)7-5-11-4-2-8-21-11/h1,3,6,9,11H,2,4-5,7-8H2,(H,19,20). The highest BCUT2D eigenvalue weighted by atomic mass is 16.5. The third-order valence-electron chi connectivity index (χ3n) is 3.56. The summed E-state index contributed by atoms with van der Waals surface area (Å²) in [5, 5.41) is 17.0. The average molecular weight is 288 g/mol. The highest BCUT2D eigenvalue weighted by Crippen LogP contribution is 2.23. The van der Waals surface area contributed by atoms with E-state index in [9.17, 15) is 9.90 Å². The van der Waals surface area contributed by atoms with E-state index in [4.69, 9.17) is 4.74 Å². The van der Waals surface area contributed by atoms with Crippen molar-refractivity contribution in [2.45, 2.75) is 31.9 Å². The van der Waals surface area contributed by atoms with Gasteiger partial charge in [0.15, 0.2) is 5.69 Å². The first-order valence-electron chi connectivity index (χ1n) is 6.94. The molecule has 1 aliphatic heterocycles. The molecule has 3 heterocycles. The average Bonchev–Trinajstić information content (AvgIpc) is 3.15. The summed E-state index contributed by atoms with van der Waals surface area (Å²) in [6, 6.07) is 3.57. The highest BCUT2D eigenvalue weighted by Gasteiger charge is 2.22. The predicted molar refractivity (Wildman–Crippen MR) is 73.8 cm³/mol. The number of carboxylic acid groups (broad SMARTS) is 1. The van der Waals surface area contributed by atoms with Gasteiger partial charge >= 0.3 is 5.97 Å². The van der Waals surface area contributed by atoms with Crippen molar-refractivity contribution in [3.63, 3.8) is 0 Å². The summed E-state index contributed by atoms with van der Waals surface area (Å²) in [6.07, 6.45) is 6.42. The van der Waals surface area contributed by atoms with Gasteiger partial charge in [0, 0.05) is 31.1 Å². The molecule has 0 aromatic carbocycles. The maximum Gasteiger partial charge on any atom is 0.358 e. The van der Waals surface area contributed by atoms with Crippen molar-refractivity contribution in [3.05, 3.63) is 30.2 Å². The fourth-order valence-corrected chi connectivity index (χ4v) is 2.54. The van der Waals surface area contributed by atoms with Crippen LogP contribution in [0.5, 0.6) is 0 Å². The molecular weight excluding hydrogens is 272 g/mol. The Bertz CT molecular complexity index is 620. The lowest BCUT2D eigenvalue weighted by molar-refractivity contribution is 0.0691. The van der Waals surface area contributed by atoms with Gasteiger partial charge in [-0.2, -0.15) is 0 Å². The Balaban J connectivity index is 1.87. The minimum Gasteiger partial charge on any atom is -0.476 e. The number of ether oxygens (including phenoxy) is 1. The van der Waals surface area contributed by atoms with Crippen LogP contribution in [-0.4, -0.2) is 43.8 Å². The summed E-state index contributed by atoms with van der Waals surface area (Å²) < 4.78 is 7.21. The van der Waals surface area contributed by atoms with Crippen LogP contribution < -0.4 is 0 Å². The number of rotatable bonds is 5. The minimum absolute atomic E-state index is 0.0460. The maximum atomic E-state index is 11.3. The number of carbonyl (C=O) groups is 1. The monoisotopic (exact) mass is 288 g/mol. The van der Waals surface area contributed by atoms with Gasteiger partial charge in [-0.05, 0) is 31.4 Å². The molecule has 3 rings (SSSR count). The first-order chi connectivity index (χ1) is 10.3. The first kappa shape index (κ1) is 13.7. The second-order valence-electron chi connectivity index (χ2n) is 4.98. The molecule has 1 saturated heterocycles. The number of aromatic carboxylic acids is 1. The van der Waals surface area contributed by atoms with Crippen LogP contribution in [-0.2, 0) is 11.3 Å². The molecule has 0 bridgehead atoms. The summed E-state index contributed by atoms with van der Waals surface area (Å²) in [5.41, 5.74) is 1.15. The lowest BCUT2D eigenvalue weighted by atomic mass is 10.1. The van der Waals surface area contributed by atoms with Gasteiger partial charge in [-0.15, -0.1) is 5.10 Å². The second-order valence-corrected chi connectivity index (χ2v) is 4.98. The van der Waals surface area contributed by atoms with Crippen LogP contribution in [0, 0.1) is 0 Å². The summed E-state index contributed by atoms with van der Waals surface area (Å²) in [7, 11) is 0. The summed E-state index contributed by atoms with van der Waals surface area (Å²) in [6.45, 7) is 1.38. The fourth-order valence-electron chi connectivity index (χ4n) is 2.54. The molecule has 7 heteroatoms. The van der Waals surface area contributed by atoms with Crippen molar-refractivity contribution in [3.8, 4) is 11.3 Å². The quantitative estimate of drug-likeness (QED) is 0.898. The zero-order valence-corrected chi connectivity index (χ0v) is 11.5. The van der Waals surface area contributed by atoms with Crippen molar-refractivity contribution >= 4 is 5.97 Å². The van der Waals surface area contributed by atoms with Crippen LogP contribution in [0.4, 0.5) is 0 Å². The normalized spacial score (nSPS) is 18.0. The van der Waals surface area contributed by atoms with Gasteiger partial charge in [0.05, 0.1) is 6.10 Å². The summed E-state index contributed by atoms with van der Waals surface area (Å²) >= 11 is 0. The van der Waals surface area contributed by atoms with Gasteiger partial charge < -0.3 is 9.84 Å². The molecule has 0 radical (unpaired) electrons. The van der Waals surface area contributed by atoms with Gasteiger partial charge in [-0.1, -0.05) is 5.21 Å². The largest absolute Gasteiger partial charge is 0.476 e. The van der Waals surface area contributed by atoms with Crippen LogP contribution in [0.15, 0.2) is 24.5 Å². The van der Waals surface area contributed by atoms with E-state index in [1.54, 1.807) is 29.2 Å². The van der Waals surface area contributed by atoms with E-state index in [0.29, 0.717) is 17.8 Å². The zero-order chi connectivity index (χ0) is 14.7. The molecule has 1 N–H and O–H groups in total. The third-order valence-corrected chi connectivity index (χ3v) is 3.56. The number of pyridine rings is 1. The van der Waals surface area contributed by atoms with Crippen molar-refractivity contribution in [1.82, 2.24) is 20.0 Å². The molecule has 0 saturated carbocycles. The molecule has 21 heavy (non-hydrogen) atoms. The molecule has 7 nitrogen and oxygen atoms in total. The fraction of sp³-hybridized carbons (Fsp3) is 0.429. The van der Waals surface area contributed by atoms with Crippen molar-refractivity contribution in [1.29, 1.82) is 0 Å². The van der Waals surface area contributed by atoms with E-state index >= 15 is 0 Å². The minimum atomic E-state index is -1.09. The molecule has 2 aromatic heterocycles. The van der Waals surface area contributed by atoms with Gasteiger partial charge in [0.25, 0.3) is 0 Å². The van der Waals surface area contributed by atoms with E-state index < -0.39 is 5.97 Å². The van der Waals surface area contributed by atoms with Gasteiger partial charge in [0.2, 0.25) is 0 Å². The van der Waals surface area contributed by atoms with Crippen LogP contribution in [0.3, 0.4) is 0 Å². The van der Waals surface area contributed by atoms with Crippen LogP contribution in [0.2, 0.25) is 0 Å². The van der Waals surface area contributed by atoms with Gasteiger partial charge in [0.1, 0.15) is 5.69 Å². The van der Waals surface area contributed by atoms with Gasteiger partial charge in [-0.25, -0.2) is 9.48 Å². The van der Waals surface area contributed by atoms with Gasteiger partial charge in [-0.3, -0.25) is 4.98 Å². The third kappa shape index (κ3) is 2.92. The molecular formula is C14H16N4O3. The van der Waals surface area contributed by atoms with Crippen molar-refractivity contribution in [2.75, 3.05) is 6.61 Å². The van der Waals surface area contributed by atoms with E-state index in [-0.39, 0.29) is 11.8 Å². The number of carboxylic acids is 1. The van der Waals surface area contributed by atoms with Crippen LogP contribution in [0.25, 0.3) is 11.3 Å². The summed E-state index contributed by atoms with van der Waals surface area (Å²) in [5.74, 6) is -1.09. The Morgan fingerprint density at radius 3 is 3.10 bits per heavy atom. The number of nitrogens with zero attached hydrogens (tertiary/aromatic N) is 4. The maximum absolute atomic E-state index is 11.3. The van der Waals surface area contributed by atoms with E-state index in [2.05, 4.69) is 15.3 Å². The number of aromatic nitrogens is 4. The number of hydrogen-bond acceptors (Lipinski definition) is 5. The molecule has 1 fully saturated rings. The van der Waals surface area contributed by atoms with Crippen molar-refractivity contribution in [2.24, 2.45) is 0 Å². The number of hydrogen-bond donors (Lipinski definition) is 1. The van der Waals surface area contributed by atoms with Crippen LogP contribution >= 0.6 is 0 Å². The SMILES string of the molecule is O=C(O)c1nnn(CCC2CCCO2)c1-c1cccnc1. The predicted octanol–water partition coefficient (Wildman–Crippen LogP) is 1.61. The Kier molecular flexibility index (Phi) is 3.92. The van der Waals surface area contributed by atoms with E-state index in [0.717, 1.165) is 25.9 Å². The molecule has 110 valence electrons. The Morgan fingerprint density at radius 1 is 1.52 bits per heavy atom. The number of aryl methyl sites for hydroxylation is 1. The molecule has 1 unspecified atom stereocenters. The van der Waals surface area contributed by atoms with Crippen LogP contribution in [0.1, 0.15) is 29.8 Å². The molecule has 1 aliphatic rings. The summed E-state index contributed by atoms with van der Waals surface area (Å²) in [4.78, 5) is 15.3. The molecule has 0 amide bonds. The van der Waals surface area contributed by atoms with E-state index in [1.807, 2.05) is 0 Å².